The number of hydrogen-bond acceptors (Lipinski definition) is 5. The fourth-order valence-electron chi connectivity index (χ4n) is 1.44. The maximum absolute atomic E-state index is 5.19. The van der Waals surface area contributed by atoms with Crippen LogP contribution in [0.15, 0.2) is 29.0 Å². The van der Waals surface area contributed by atoms with Gasteiger partial charge in [-0.2, -0.15) is 4.98 Å². The molecular weight excluding hydrogens is 216 g/mol. The van der Waals surface area contributed by atoms with Gasteiger partial charge in [-0.25, -0.2) is 0 Å². The molecule has 2 rings (SSSR count). The van der Waals surface area contributed by atoms with Crippen LogP contribution in [0.1, 0.15) is 19.7 Å². The van der Waals surface area contributed by atoms with E-state index in [1.807, 2.05) is 12.1 Å². The van der Waals surface area contributed by atoms with E-state index in [0.29, 0.717) is 11.9 Å². The van der Waals surface area contributed by atoms with E-state index in [9.17, 15) is 0 Å². The third-order valence-corrected chi connectivity index (χ3v) is 2.30. The van der Waals surface area contributed by atoms with Gasteiger partial charge in [0.15, 0.2) is 5.82 Å². The van der Waals surface area contributed by atoms with Crippen molar-refractivity contribution in [3.8, 4) is 11.5 Å². The van der Waals surface area contributed by atoms with Crippen molar-refractivity contribution in [1.29, 1.82) is 0 Å². The summed E-state index contributed by atoms with van der Waals surface area (Å²) in [4.78, 5) is 8.28. The standard InChI is InChI=1S/C12H16N4O/c1-9(2)14-8-5-11-15-12(17-16-11)10-3-6-13-7-4-10/h3-4,6-7,9,14H,5,8H2,1-2H3. The predicted molar refractivity (Wildman–Crippen MR) is 64.4 cm³/mol. The Kier molecular flexibility index (Phi) is 3.82. The van der Waals surface area contributed by atoms with Crippen LogP contribution < -0.4 is 5.32 Å². The van der Waals surface area contributed by atoms with Crippen molar-refractivity contribution in [1.82, 2.24) is 20.4 Å². The molecule has 0 spiro atoms. The minimum Gasteiger partial charge on any atom is -0.334 e. The summed E-state index contributed by atoms with van der Waals surface area (Å²) in [5.41, 5.74) is 0.899. The lowest BCUT2D eigenvalue weighted by Gasteiger charge is -2.04. The molecule has 0 aliphatic heterocycles. The van der Waals surface area contributed by atoms with Crippen molar-refractivity contribution >= 4 is 0 Å². The molecule has 2 aromatic heterocycles. The number of aromatic nitrogens is 3. The van der Waals surface area contributed by atoms with E-state index in [2.05, 4.69) is 34.3 Å². The average molecular weight is 232 g/mol. The molecule has 17 heavy (non-hydrogen) atoms. The molecule has 0 aromatic carbocycles. The molecule has 90 valence electrons. The first-order valence-electron chi connectivity index (χ1n) is 5.72. The van der Waals surface area contributed by atoms with Gasteiger partial charge < -0.3 is 9.84 Å². The molecule has 0 unspecified atom stereocenters. The van der Waals surface area contributed by atoms with Crippen LogP contribution in [0, 0.1) is 0 Å². The lowest BCUT2D eigenvalue weighted by molar-refractivity contribution is 0.421. The Labute approximate surface area is 100 Å². The molecule has 2 aromatic rings. The Bertz CT molecular complexity index is 453. The Balaban J connectivity index is 1.97. The monoisotopic (exact) mass is 232 g/mol. The summed E-state index contributed by atoms with van der Waals surface area (Å²) in [6.07, 6.45) is 4.19. The van der Waals surface area contributed by atoms with Gasteiger partial charge in [0.25, 0.3) is 5.89 Å². The first-order valence-corrected chi connectivity index (χ1v) is 5.72. The number of nitrogens with zero attached hydrogens (tertiary/aromatic N) is 3. The highest BCUT2D eigenvalue weighted by atomic mass is 16.5. The van der Waals surface area contributed by atoms with Crippen molar-refractivity contribution < 1.29 is 4.52 Å². The first-order chi connectivity index (χ1) is 8.25. The second-order valence-electron chi connectivity index (χ2n) is 4.11. The lowest BCUT2D eigenvalue weighted by Crippen LogP contribution is -2.25. The summed E-state index contributed by atoms with van der Waals surface area (Å²) >= 11 is 0. The summed E-state index contributed by atoms with van der Waals surface area (Å²) in [6, 6.07) is 4.18. The number of hydrogen-bond donors (Lipinski definition) is 1. The molecule has 2 heterocycles. The van der Waals surface area contributed by atoms with Crippen LogP contribution in [0.2, 0.25) is 0 Å². The van der Waals surface area contributed by atoms with Gasteiger partial charge in [-0.1, -0.05) is 19.0 Å². The molecule has 5 heteroatoms. The molecule has 0 atom stereocenters. The Morgan fingerprint density at radius 3 is 2.76 bits per heavy atom. The zero-order chi connectivity index (χ0) is 12.1. The van der Waals surface area contributed by atoms with Crippen LogP contribution >= 0.6 is 0 Å². The fourth-order valence-corrected chi connectivity index (χ4v) is 1.44. The van der Waals surface area contributed by atoms with Gasteiger partial charge in [-0.05, 0) is 12.1 Å². The Morgan fingerprint density at radius 1 is 1.29 bits per heavy atom. The van der Waals surface area contributed by atoms with E-state index in [-0.39, 0.29) is 0 Å². The molecule has 5 nitrogen and oxygen atoms in total. The van der Waals surface area contributed by atoms with Crippen molar-refractivity contribution in [2.75, 3.05) is 6.54 Å². The highest BCUT2D eigenvalue weighted by Gasteiger charge is 2.07. The highest BCUT2D eigenvalue weighted by Crippen LogP contribution is 2.15. The van der Waals surface area contributed by atoms with Crippen molar-refractivity contribution in [3.63, 3.8) is 0 Å². The van der Waals surface area contributed by atoms with E-state index in [1.165, 1.54) is 0 Å². The van der Waals surface area contributed by atoms with Crippen molar-refractivity contribution in [2.45, 2.75) is 26.3 Å². The molecular formula is C12H16N4O. The van der Waals surface area contributed by atoms with E-state index >= 15 is 0 Å². The predicted octanol–water partition coefficient (Wildman–Crippen LogP) is 1.67. The second kappa shape index (κ2) is 5.54. The second-order valence-corrected chi connectivity index (χ2v) is 4.11. The van der Waals surface area contributed by atoms with E-state index in [1.54, 1.807) is 12.4 Å². The molecule has 0 amide bonds. The zero-order valence-electron chi connectivity index (χ0n) is 10.1. The van der Waals surface area contributed by atoms with Gasteiger partial charge in [0, 0.05) is 37.0 Å². The summed E-state index contributed by atoms with van der Waals surface area (Å²) < 4.78 is 5.19. The van der Waals surface area contributed by atoms with E-state index in [4.69, 9.17) is 4.52 Å². The minimum absolute atomic E-state index is 0.474. The fraction of sp³-hybridized carbons (Fsp3) is 0.417. The van der Waals surface area contributed by atoms with Gasteiger partial charge in [-0.3, -0.25) is 4.98 Å². The zero-order valence-corrected chi connectivity index (χ0v) is 10.1. The molecule has 0 saturated carbocycles. The van der Waals surface area contributed by atoms with Crippen LogP contribution in [0.5, 0.6) is 0 Å². The lowest BCUT2D eigenvalue weighted by atomic mass is 10.3. The molecule has 0 fully saturated rings. The maximum atomic E-state index is 5.19. The van der Waals surface area contributed by atoms with Gasteiger partial charge in [0.1, 0.15) is 0 Å². The summed E-state index contributed by atoms with van der Waals surface area (Å²) in [6.45, 7) is 5.07. The normalized spacial score (nSPS) is 11.0. The topological polar surface area (TPSA) is 63.8 Å². The summed E-state index contributed by atoms with van der Waals surface area (Å²) in [7, 11) is 0. The third kappa shape index (κ3) is 3.35. The van der Waals surface area contributed by atoms with Gasteiger partial charge in [0.2, 0.25) is 0 Å². The molecule has 0 bridgehead atoms. The van der Waals surface area contributed by atoms with E-state index < -0.39 is 0 Å². The van der Waals surface area contributed by atoms with Crippen LogP contribution in [-0.4, -0.2) is 27.7 Å². The summed E-state index contributed by atoms with van der Waals surface area (Å²) in [5, 5.41) is 7.25. The van der Waals surface area contributed by atoms with Gasteiger partial charge >= 0.3 is 0 Å². The Hall–Kier alpha value is -1.75. The van der Waals surface area contributed by atoms with Crippen LogP contribution in [0.25, 0.3) is 11.5 Å². The quantitative estimate of drug-likeness (QED) is 0.849. The molecule has 0 radical (unpaired) electrons. The number of pyridine rings is 1. The Morgan fingerprint density at radius 2 is 2.06 bits per heavy atom. The minimum atomic E-state index is 0.474. The first kappa shape index (κ1) is 11.7. The average Bonchev–Trinajstić information content (AvgIpc) is 2.78. The molecule has 0 aliphatic carbocycles. The SMILES string of the molecule is CC(C)NCCc1noc(-c2ccncc2)n1. The maximum Gasteiger partial charge on any atom is 0.258 e. The van der Waals surface area contributed by atoms with Crippen LogP contribution in [0.3, 0.4) is 0 Å². The van der Waals surface area contributed by atoms with Gasteiger partial charge in [-0.15, -0.1) is 0 Å². The van der Waals surface area contributed by atoms with Crippen LogP contribution in [-0.2, 0) is 6.42 Å². The molecule has 0 aliphatic rings. The highest BCUT2D eigenvalue weighted by molar-refractivity contribution is 5.50. The largest absolute Gasteiger partial charge is 0.334 e. The smallest absolute Gasteiger partial charge is 0.258 e. The molecule has 1 N–H and O–H groups in total. The van der Waals surface area contributed by atoms with Crippen LogP contribution in [0.4, 0.5) is 0 Å². The van der Waals surface area contributed by atoms with Crippen molar-refractivity contribution in [2.24, 2.45) is 0 Å². The molecule has 0 saturated heterocycles. The van der Waals surface area contributed by atoms with Crippen molar-refractivity contribution in [3.05, 3.63) is 30.4 Å². The summed E-state index contributed by atoms with van der Waals surface area (Å²) in [5.74, 6) is 1.27. The number of nitrogens with one attached hydrogen (secondary N) is 1. The third-order valence-electron chi connectivity index (χ3n) is 2.30. The van der Waals surface area contributed by atoms with E-state index in [0.717, 1.165) is 24.4 Å². The number of rotatable bonds is 5. The van der Waals surface area contributed by atoms with Gasteiger partial charge in [0.05, 0.1) is 0 Å².